The molecule has 0 bridgehead atoms. The van der Waals surface area contributed by atoms with Crippen molar-refractivity contribution in [1.82, 2.24) is 15.1 Å². The van der Waals surface area contributed by atoms with Crippen molar-refractivity contribution in [2.75, 3.05) is 57.8 Å². The number of para-hydroxylation sites is 1. The van der Waals surface area contributed by atoms with Crippen molar-refractivity contribution in [2.24, 2.45) is 4.99 Å². The van der Waals surface area contributed by atoms with Crippen LogP contribution in [0.2, 0.25) is 0 Å². The zero-order chi connectivity index (χ0) is 22.9. The van der Waals surface area contributed by atoms with Crippen molar-refractivity contribution < 1.29 is 4.74 Å². The van der Waals surface area contributed by atoms with Gasteiger partial charge in [0.15, 0.2) is 5.96 Å². The van der Waals surface area contributed by atoms with E-state index in [1.54, 1.807) is 0 Å². The number of rotatable bonds is 7. The van der Waals surface area contributed by atoms with E-state index in [0.29, 0.717) is 6.10 Å². The van der Waals surface area contributed by atoms with E-state index < -0.39 is 0 Å². The van der Waals surface area contributed by atoms with Crippen LogP contribution in [-0.2, 0) is 17.8 Å². The van der Waals surface area contributed by atoms with Gasteiger partial charge in [0.2, 0.25) is 0 Å². The molecule has 0 radical (unpaired) electrons. The molecule has 0 aliphatic carbocycles. The fourth-order valence-corrected chi connectivity index (χ4v) is 4.90. The fourth-order valence-electron chi connectivity index (χ4n) is 4.90. The van der Waals surface area contributed by atoms with Crippen molar-refractivity contribution in [3.8, 4) is 0 Å². The molecule has 0 saturated carbocycles. The third kappa shape index (κ3) is 7.33. The molecule has 2 saturated heterocycles. The summed E-state index contributed by atoms with van der Waals surface area (Å²) in [7, 11) is 1.88. The van der Waals surface area contributed by atoms with Crippen LogP contribution in [0, 0.1) is 0 Å². The number of piperazine rings is 1. The van der Waals surface area contributed by atoms with Crippen molar-refractivity contribution >= 4 is 35.6 Å². The molecular formula is C27H40IN5O. The van der Waals surface area contributed by atoms with Crippen molar-refractivity contribution in [3.05, 3.63) is 65.7 Å². The van der Waals surface area contributed by atoms with Crippen LogP contribution in [0.15, 0.2) is 59.6 Å². The van der Waals surface area contributed by atoms with Crippen molar-refractivity contribution in [2.45, 2.75) is 39.0 Å². The number of hydrogen-bond acceptors (Lipinski definition) is 4. The second-order valence-electron chi connectivity index (χ2n) is 8.91. The predicted octanol–water partition coefficient (Wildman–Crippen LogP) is 4.20. The maximum Gasteiger partial charge on any atom is 0.193 e. The van der Waals surface area contributed by atoms with Gasteiger partial charge >= 0.3 is 0 Å². The molecule has 4 rings (SSSR count). The minimum absolute atomic E-state index is 0. The van der Waals surface area contributed by atoms with Crippen LogP contribution in [0.3, 0.4) is 0 Å². The van der Waals surface area contributed by atoms with Gasteiger partial charge in [0.05, 0.1) is 6.10 Å². The molecule has 2 fully saturated rings. The first-order chi connectivity index (χ1) is 16.3. The number of nitrogens with zero attached hydrogens (tertiary/aromatic N) is 4. The maximum atomic E-state index is 5.80. The second-order valence-corrected chi connectivity index (χ2v) is 8.91. The molecule has 0 unspecified atom stereocenters. The van der Waals surface area contributed by atoms with Crippen molar-refractivity contribution in [3.63, 3.8) is 0 Å². The van der Waals surface area contributed by atoms with Crippen LogP contribution in [0.5, 0.6) is 0 Å². The third-order valence-corrected chi connectivity index (χ3v) is 6.80. The molecule has 2 aromatic carbocycles. The summed E-state index contributed by atoms with van der Waals surface area (Å²) >= 11 is 0. The molecule has 2 aromatic rings. The fraction of sp³-hybridized carbons (Fsp3) is 0.519. The van der Waals surface area contributed by atoms with E-state index in [1.165, 1.54) is 16.8 Å². The van der Waals surface area contributed by atoms with Gasteiger partial charge in [-0.1, -0.05) is 42.5 Å². The lowest BCUT2D eigenvalue weighted by Crippen LogP contribution is -2.47. The standard InChI is InChI=1S/C27H39N5O.HI/c1-3-33-26-13-15-32(16-14-26)27(28-2)29-21-23-9-7-8-10-24(23)22-30-17-19-31(20-18-30)25-11-5-4-6-12-25;/h4-12,26H,3,13-22H2,1-2H3,(H,28,29);1H. The SMILES string of the molecule is CCOC1CCN(C(=NC)NCc2ccccc2CN2CCN(c3ccccc3)CC2)CC1.I. The largest absolute Gasteiger partial charge is 0.378 e. The second kappa shape index (κ2) is 13.9. The normalized spacial score (nSPS) is 18.0. The molecule has 0 amide bonds. The number of piperidine rings is 1. The smallest absolute Gasteiger partial charge is 0.193 e. The van der Waals surface area contributed by atoms with Gasteiger partial charge in [-0.2, -0.15) is 0 Å². The summed E-state index contributed by atoms with van der Waals surface area (Å²) in [5.74, 6) is 0.997. The highest BCUT2D eigenvalue weighted by atomic mass is 127. The van der Waals surface area contributed by atoms with Crippen LogP contribution >= 0.6 is 24.0 Å². The van der Waals surface area contributed by atoms with Crippen LogP contribution in [0.4, 0.5) is 5.69 Å². The Bertz CT molecular complexity index is 878. The van der Waals surface area contributed by atoms with Gasteiger partial charge in [0.25, 0.3) is 0 Å². The number of benzene rings is 2. The zero-order valence-corrected chi connectivity index (χ0v) is 23.0. The number of likely N-dealkylation sites (tertiary alicyclic amines) is 1. The molecule has 2 aliphatic heterocycles. The number of hydrogen-bond donors (Lipinski definition) is 1. The van der Waals surface area contributed by atoms with Crippen LogP contribution < -0.4 is 10.2 Å². The Hall–Kier alpha value is -1.84. The Morgan fingerprint density at radius 1 is 0.912 bits per heavy atom. The molecule has 2 heterocycles. The molecule has 0 spiro atoms. The Morgan fingerprint density at radius 2 is 1.56 bits per heavy atom. The van der Waals surface area contributed by atoms with E-state index in [2.05, 4.69) is 86.5 Å². The highest BCUT2D eigenvalue weighted by Gasteiger charge is 2.22. The van der Waals surface area contributed by atoms with E-state index in [0.717, 1.165) is 77.8 Å². The first-order valence-corrected chi connectivity index (χ1v) is 12.4. The summed E-state index contributed by atoms with van der Waals surface area (Å²) in [5.41, 5.74) is 4.09. The quantitative estimate of drug-likeness (QED) is 0.304. The summed E-state index contributed by atoms with van der Waals surface area (Å²) in [6, 6.07) is 19.6. The Labute approximate surface area is 222 Å². The molecule has 6 nitrogen and oxygen atoms in total. The van der Waals surface area contributed by atoms with E-state index in [-0.39, 0.29) is 24.0 Å². The van der Waals surface area contributed by atoms with E-state index in [9.17, 15) is 0 Å². The lowest BCUT2D eigenvalue weighted by Gasteiger charge is -2.36. The van der Waals surface area contributed by atoms with E-state index in [4.69, 9.17) is 4.74 Å². The average molecular weight is 578 g/mol. The number of aliphatic imine (C=N–C) groups is 1. The lowest BCUT2D eigenvalue weighted by atomic mass is 10.1. The summed E-state index contributed by atoms with van der Waals surface area (Å²) in [6.45, 7) is 11.0. The van der Waals surface area contributed by atoms with Gasteiger partial charge in [-0.15, -0.1) is 24.0 Å². The first kappa shape index (κ1) is 26.8. The van der Waals surface area contributed by atoms with Gasteiger partial charge < -0.3 is 19.9 Å². The van der Waals surface area contributed by atoms with Crippen LogP contribution in [-0.4, -0.2) is 74.8 Å². The molecule has 2 aliphatic rings. The van der Waals surface area contributed by atoms with Gasteiger partial charge in [-0.05, 0) is 43.0 Å². The molecule has 1 N–H and O–H groups in total. The summed E-state index contributed by atoms with van der Waals surface area (Å²) in [5, 5.41) is 3.62. The Morgan fingerprint density at radius 3 is 2.21 bits per heavy atom. The van der Waals surface area contributed by atoms with Crippen LogP contribution in [0.25, 0.3) is 0 Å². The predicted molar refractivity (Wildman–Crippen MR) is 152 cm³/mol. The molecule has 7 heteroatoms. The molecule has 0 aromatic heterocycles. The molecule has 0 atom stereocenters. The molecule has 34 heavy (non-hydrogen) atoms. The highest BCUT2D eigenvalue weighted by molar-refractivity contribution is 14.0. The number of halogens is 1. The van der Waals surface area contributed by atoms with Gasteiger partial charge in [-0.3, -0.25) is 9.89 Å². The Kier molecular flexibility index (Phi) is 10.9. The first-order valence-electron chi connectivity index (χ1n) is 12.4. The van der Waals surface area contributed by atoms with Gasteiger partial charge in [0.1, 0.15) is 0 Å². The van der Waals surface area contributed by atoms with Gasteiger partial charge in [-0.25, -0.2) is 0 Å². The molecule has 186 valence electrons. The Balaban J connectivity index is 0.00000324. The number of nitrogens with one attached hydrogen (secondary N) is 1. The lowest BCUT2D eigenvalue weighted by molar-refractivity contribution is 0.0263. The monoisotopic (exact) mass is 577 g/mol. The number of anilines is 1. The van der Waals surface area contributed by atoms with Gasteiger partial charge in [0, 0.05) is 71.7 Å². The highest BCUT2D eigenvalue weighted by Crippen LogP contribution is 2.19. The minimum atomic E-state index is 0. The van der Waals surface area contributed by atoms with Crippen LogP contribution in [0.1, 0.15) is 30.9 Å². The maximum absolute atomic E-state index is 5.80. The summed E-state index contributed by atoms with van der Waals surface area (Å²) in [6.07, 6.45) is 2.53. The van der Waals surface area contributed by atoms with Crippen molar-refractivity contribution in [1.29, 1.82) is 0 Å². The average Bonchev–Trinajstić information content (AvgIpc) is 2.87. The minimum Gasteiger partial charge on any atom is -0.378 e. The van der Waals surface area contributed by atoms with E-state index in [1.807, 2.05) is 7.05 Å². The topological polar surface area (TPSA) is 43.3 Å². The number of guanidine groups is 1. The van der Waals surface area contributed by atoms with E-state index >= 15 is 0 Å². The number of ether oxygens (including phenoxy) is 1. The summed E-state index contributed by atoms with van der Waals surface area (Å²) < 4.78 is 5.80. The zero-order valence-electron chi connectivity index (χ0n) is 20.7. The summed E-state index contributed by atoms with van der Waals surface area (Å²) in [4.78, 5) is 12.0. The third-order valence-electron chi connectivity index (χ3n) is 6.80. The molecular weight excluding hydrogens is 537 g/mol.